The predicted molar refractivity (Wildman–Crippen MR) is 102 cm³/mol. The smallest absolute Gasteiger partial charge is 0.287 e. The summed E-state index contributed by atoms with van der Waals surface area (Å²) < 4.78 is 0. The molecule has 0 bridgehead atoms. The van der Waals surface area contributed by atoms with Crippen molar-refractivity contribution < 1.29 is 4.92 Å². The molecule has 0 spiro atoms. The molecule has 3 aromatic heterocycles. The van der Waals surface area contributed by atoms with Gasteiger partial charge in [-0.3, -0.25) is 10.1 Å². The second kappa shape index (κ2) is 6.83. The summed E-state index contributed by atoms with van der Waals surface area (Å²) >= 11 is 1.64. The molecule has 1 aliphatic rings. The van der Waals surface area contributed by atoms with Crippen molar-refractivity contribution in [1.82, 2.24) is 15.0 Å². The molecule has 0 amide bonds. The molecule has 1 unspecified atom stereocenters. The molecule has 26 heavy (non-hydrogen) atoms. The second-order valence-electron chi connectivity index (χ2n) is 6.19. The number of nitrogens with one attached hydrogen (secondary N) is 1. The Morgan fingerprint density at radius 2 is 2.27 bits per heavy atom. The van der Waals surface area contributed by atoms with Crippen LogP contribution in [0.25, 0.3) is 10.2 Å². The number of hydrogen-bond acceptors (Lipinski definition) is 8. The highest BCUT2D eigenvalue weighted by Gasteiger charge is 2.26. The van der Waals surface area contributed by atoms with Crippen LogP contribution in [0.5, 0.6) is 0 Å². The van der Waals surface area contributed by atoms with Gasteiger partial charge in [0.1, 0.15) is 28.5 Å². The van der Waals surface area contributed by atoms with Crippen LogP contribution in [0.3, 0.4) is 0 Å². The molecule has 1 N–H and O–H groups in total. The van der Waals surface area contributed by atoms with Crippen molar-refractivity contribution in [3.05, 3.63) is 45.7 Å². The van der Waals surface area contributed by atoms with Gasteiger partial charge in [0.25, 0.3) is 5.69 Å². The van der Waals surface area contributed by atoms with Gasteiger partial charge in [0.2, 0.25) is 0 Å². The quantitative estimate of drug-likeness (QED) is 0.544. The molecular formula is C17H18N6O2S. The minimum atomic E-state index is -0.444. The van der Waals surface area contributed by atoms with E-state index in [1.54, 1.807) is 17.4 Å². The van der Waals surface area contributed by atoms with Crippen LogP contribution >= 0.6 is 11.3 Å². The third-order valence-corrected chi connectivity index (χ3v) is 5.27. The predicted octanol–water partition coefficient (Wildman–Crippen LogP) is 3.25. The van der Waals surface area contributed by atoms with Crippen molar-refractivity contribution in [2.24, 2.45) is 0 Å². The van der Waals surface area contributed by atoms with Crippen LogP contribution in [0.15, 0.2) is 29.8 Å². The first kappa shape index (κ1) is 16.6. The number of fused-ring (bicyclic) bond motifs is 1. The molecule has 8 nitrogen and oxygen atoms in total. The summed E-state index contributed by atoms with van der Waals surface area (Å²) in [5.41, 5.74) is -0.00321. The molecule has 1 aliphatic heterocycles. The van der Waals surface area contributed by atoms with Crippen molar-refractivity contribution in [1.29, 1.82) is 0 Å². The number of aryl methyl sites for hydroxylation is 1. The number of anilines is 2. The fraction of sp³-hybridized carbons (Fsp3) is 0.353. The number of nitrogens with zero attached hydrogens (tertiary/aromatic N) is 5. The largest absolute Gasteiger partial charge is 0.365 e. The molecular weight excluding hydrogens is 352 g/mol. The maximum Gasteiger partial charge on any atom is 0.287 e. The first-order chi connectivity index (χ1) is 12.6. The Morgan fingerprint density at radius 1 is 1.38 bits per heavy atom. The Labute approximate surface area is 154 Å². The van der Waals surface area contributed by atoms with Crippen LogP contribution in [0, 0.1) is 10.1 Å². The van der Waals surface area contributed by atoms with Crippen molar-refractivity contribution in [2.45, 2.75) is 25.8 Å². The molecule has 3 aromatic rings. The van der Waals surface area contributed by atoms with Gasteiger partial charge in [0.05, 0.1) is 10.3 Å². The van der Waals surface area contributed by atoms with Gasteiger partial charge in [-0.15, -0.1) is 11.3 Å². The van der Waals surface area contributed by atoms with E-state index in [1.807, 2.05) is 0 Å². The molecule has 134 valence electrons. The van der Waals surface area contributed by atoms with Crippen molar-refractivity contribution in [3.63, 3.8) is 0 Å². The van der Waals surface area contributed by atoms with Crippen molar-refractivity contribution in [3.8, 4) is 0 Å². The lowest BCUT2D eigenvalue weighted by Crippen LogP contribution is -2.27. The van der Waals surface area contributed by atoms with Crippen LogP contribution in [-0.2, 0) is 6.42 Å². The van der Waals surface area contributed by atoms with E-state index in [9.17, 15) is 10.1 Å². The number of thiophene rings is 1. The number of nitro groups is 1. The maximum atomic E-state index is 10.7. The second-order valence-corrected chi connectivity index (χ2v) is 7.09. The zero-order valence-corrected chi connectivity index (χ0v) is 15.1. The van der Waals surface area contributed by atoms with Gasteiger partial charge >= 0.3 is 0 Å². The fourth-order valence-electron chi connectivity index (χ4n) is 3.14. The van der Waals surface area contributed by atoms with Gasteiger partial charge in [-0.2, -0.15) is 0 Å². The van der Waals surface area contributed by atoms with Crippen molar-refractivity contribution in [2.75, 3.05) is 23.3 Å². The zero-order chi connectivity index (χ0) is 18.1. The van der Waals surface area contributed by atoms with Gasteiger partial charge in [0, 0.05) is 31.6 Å². The Morgan fingerprint density at radius 3 is 3.00 bits per heavy atom. The van der Waals surface area contributed by atoms with Crippen LogP contribution < -0.4 is 10.2 Å². The molecule has 0 saturated carbocycles. The molecule has 0 aromatic carbocycles. The zero-order valence-electron chi connectivity index (χ0n) is 14.3. The molecule has 4 heterocycles. The molecule has 1 saturated heterocycles. The topological polar surface area (TPSA) is 97.1 Å². The van der Waals surface area contributed by atoms with E-state index in [2.05, 4.69) is 38.6 Å². The molecule has 9 heteroatoms. The number of hydrogen-bond donors (Lipinski definition) is 1. The van der Waals surface area contributed by atoms with Gasteiger partial charge in [0.15, 0.2) is 0 Å². The van der Waals surface area contributed by atoms with Gasteiger partial charge < -0.3 is 10.2 Å². The lowest BCUT2D eigenvalue weighted by atomic mass is 10.2. The van der Waals surface area contributed by atoms with Gasteiger partial charge in [-0.05, 0) is 23.9 Å². The first-order valence-electron chi connectivity index (χ1n) is 8.50. The van der Waals surface area contributed by atoms with Crippen LogP contribution in [0.4, 0.5) is 17.3 Å². The van der Waals surface area contributed by atoms with Gasteiger partial charge in [-0.25, -0.2) is 15.0 Å². The minimum Gasteiger partial charge on any atom is -0.365 e. The number of aromatic nitrogens is 3. The molecule has 1 atom stereocenters. The molecule has 4 rings (SSSR count). The Balaban J connectivity index is 1.50. The molecule has 1 fully saturated rings. The third-order valence-electron chi connectivity index (χ3n) is 4.47. The standard InChI is InChI=1S/C17H18N6O2S/c1-2-14-20-16(13-6-8-26-17(13)21-14)22-7-5-11(10-22)19-15-4-3-12(9-18-15)23(24)25/h3-4,6,8-9,11H,2,5,7,10H2,1H3,(H,18,19). The Hall–Kier alpha value is -2.81. The fourth-order valence-corrected chi connectivity index (χ4v) is 3.92. The van der Waals surface area contributed by atoms with Crippen LogP contribution in [0.1, 0.15) is 19.2 Å². The summed E-state index contributed by atoms with van der Waals surface area (Å²) in [6.45, 7) is 3.77. The summed E-state index contributed by atoms with van der Waals surface area (Å²) in [6, 6.07) is 5.41. The Kier molecular flexibility index (Phi) is 4.37. The average Bonchev–Trinajstić information content (AvgIpc) is 3.30. The highest BCUT2D eigenvalue weighted by Crippen LogP contribution is 2.30. The lowest BCUT2D eigenvalue weighted by molar-refractivity contribution is -0.385. The van der Waals surface area contributed by atoms with E-state index < -0.39 is 4.92 Å². The summed E-state index contributed by atoms with van der Waals surface area (Å²) in [5, 5.41) is 17.2. The normalized spacial score (nSPS) is 17.0. The van der Waals surface area contributed by atoms with E-state index in [4.69, 9.17) is 4.98 Å². The SMILES string of the molecule is CCc1nc(N2CCC(Nc3ccc([N+](=O)[O-])cn3)C2)c2ccsc2n1. The summed E-state index contributed by atoms with van der Waals surface area (Å²) in [4.78, 5) is 27.1. The lowest BCUT2D eigenvalue weighted by Gasteiger charge is -2.19. The van der Waals surface area contributed by atoms with E-state index in [1.165, 1.54) is 12.3 Å². The average molecular weight is 370 g/mol. The summed E-state index contributed by atoms with van der Waals surface area (Å²) in [7, 11) is 0. The Bertz CT molecular complexity index is 942. The summed E-state index contributed by atoms with van der Waals surface area (Å²) in [6.07, 6.45) is 3.04. The van der Waals surface area contributed by atoms with Crippen LogP contribution in [-0.4, -0.2) is 39.0 Å². The van der Waals surface area contributed by atoms with E-state index in [-0.39, 0.29) is 11.7 Å². The molecule has 0 aliphatic carbocycles. The summed E-state index contributed by atoms with van der Waals surface area (Å²) in [5.74, 6) is 2.51. The van der Waals surface area contributed by atoms with Crippen molar-refractivity contribution >= 4 is 38.9 Å². The first-order valence-corrected chi connectivity index (χ1v) is 9.38. The van der Waals surface area contributed by atoms with E-state index >= 15 is 0 Å². The molecule has 0 radical (unpaired) electrons. The number of pyridine rings is 1. The monoisotopic (exact) mass is 370 g/mol. The van der Waals surface area contributed by atoms with Gasteiger partial charge in [-0.1, -0.05) is 6.92 Å². The highest BCUT2D eigenvalue weighted by molar-refractivity contribution is 7.16. The highest BCUT2D eigenvalue weighted by atomic mass is 32.1. The van der Waals surface area contributed by atoms with E-state index in [0.29, 0.717) is 5.82 Å². The van der Waals surface area contributed by atoms with Crippen LogP contribution in [0.2, 0.25) is 0 Å². The third kappa shape index (κ3) is 3.17. The van der Waals surface area contributed by atoms with E-state index in [0.717, 1.165) is 47.8 Å². The minimum absolute atomic E-state index is 0.00321. The maximum absolute atomic E-state index is 10.7. The number of rotatable bonds is 5.